The van der Waals surface area contributed by atoms with Gasteiger partial charge in [-0.2, -0.15) is 0 Å². The second-order valence-corrected chi connectivity index (χ2v) is 8.23. The smallest absolute Gasteiger partial charge is 0.356 e. The van der Waals surface area contributed by atoms with E-state index in [4.69, 9.17) is 9.15 Å². The average Bonchev–Trinajstić information content (AvgIpc) is 3.45. The average molecular weight is 464 g/mol. The van der Waals surface area contributed by atoms with Crippen molar-refractivity contribution in [3.05, 3.63) is 77.8 Å². The van der Waals surface area contributed by atoms with Crippen LogP contribution in [0.25, 0.3) is 11.0 Å². The number of amides is 1. The summed E-state index contributed by atoms with van der Waals surface area (Å²) in [5.74, 6) is -1.15. The van der Waals surface area contributed by atoms with E-state index < -0.39 is 11.9 Å². The summed E-state index contributed by atoms with van der Waals surface area (Å²) in [5, 5.41) is 6.54. The highest BCUT2D eigenvalue weighted by Crippen LogP contribution is 2.34. The van der Waals surface area contributed by atoms with E-state index in [0.717, 1.165) is 0 Å². The molecule has 34 heavy (non-hydrogen) atoms. The van der Waals surface area contributed by atoms with Crippen molar-refractivity contribution in [3.63, 3.8) is 0 Å². The van der Waals surface area contributed by atoms with Gasteiger partial charge in [0.25, 0.3) is 5.91 Å². The first-order valence-electron chi connectivity index (χ1n) is 10.8. The highest BCUT2D eigenvalue weighted by Gasteiger charge is 2.27. The number of benzene rings is 1. The molecular weight excluding hydrogens is 439 g/mol. The van der Waals surface area contributed by atoms with Crippen LogP contribution < -0.4 is 10.6 Å². The van der Waals surface area contributed by atoms with Crippen LogP contribution >= 0.6 is 0 Å². The second-order valence-electron chi connectivity index (χ2n) is 8.23. The number of esters is 1. The molecule has 0 saturated carbocycles. The van der Waals surface area contributed by atoms with Gasteiger partial charge < -0.3 is 24.4 Å². The van der Waals surface area contributed by atoms with E-state index in [-0.39, 0.29) is 29.7 Å². The lowest BCUT2D eigenvalue weighted by atomic mass is 10.2. The first-order valence-corrected chi connectivity index (χ1v) is 10.8. The third-order valence-electron chi connectivity index (χ3n) is 5.29. The molecule has 4 rings (SSSR count). The van der Waals surface area contributed by atoms with Gasteiger partial charge in [0.2, 0.25) is 0 Å². The van der Waals surface area contributed by atoms with Crippen molar-refractivity contribution >= 4 is 34.3 Å². The lowest BCUT2D eigenvalue weighted by Crippen LogP contribution is -2.18. The molecule has 176 valence electrons. The molecule has 1 aromatic carbocycles. The number of aromatic nitrogens is 2. The Morgan fingerprint density at radius 2 is 2.03 bits per heavy atom. The van der Waals surface area contributed by atoms with Crippen molar-refractivity contribution in [2.45, 2.75) is 26.9 Å². The van der Waals surface area contributed by atoms with Gasteiger partial charge in [0.05, 0.1) is 36.5 Å². The van der Waals surface area contributed by atoms with Gasteiger partial charge in [-0.05, 0) is 24.1 Å². The van der Waals surface area contributed by atoms with E-state index in [1.165, 1.54) is 31.8 Å². The molecule has 0 saturated heterocycles. The van der Waals surface area contributed by atoms with Gasteiger partial charge in [0.15, 0.2) is 5.69 Å². The summed E-state index contributed by atoms with van der Waals surface area (Å²) in [5.41, 5.74) is 2.42. The zero-order valence-corrected chi connectivity index (χ0v) is 19.1. The normalized spacial score (nSPS) is 11.1. The Morgan fingerprint density at radius 1 is 1.24 bits per heavy atom. The number of carbonyl (C=O) groups is 2. The van der Waals surface area contributed by atoms with Gasteiger partial charge in [-0.1, -0.05) is 32.0 Å². The number of hydrogen-bond acceptors (Lipinski definition) is 6. The molecule has 0 aliphatic heterocycles. The highest BCUT2D eigenvalue weighted by atomic mass is 19.1. The molecule has 9 heteroatoms. The molecule has 4 aromatic rings. The number of nitrogens with zero attached hydrogens (tertiary/aromatic N) is 2. The summed E-state index contributed by atoms with van der Waals surface area (Å²) >= 11 is 0. The van der Waals surface area contributed by atoms with Crippen molar-refractivity contribution in [1.82, 2.24) is 9.55 Å². The first-order chi connectivity index (χ1) is 16.4. The molecule has 3 aromatic heterocycles. The molecule has 1 amide bonds. The van der Waals surface area contributed by atoms with Crippen LogP contribution in [0.4, 0.5) is 15.8 Å². The number of pyridine rings is 1. The predicted octanol–water partition coefficient (Wildman–Crippen LogP) is 5.08. The van der Waals surface area contributed by atoms with Gasteiger partial charge in [-0.25, -0.2) is 14.2 Å². The molecule has 0 bridgehead atoms. The quantitative estimate of drug-likeness (QED) is 0.353. The number of nitrogens with one attached hydrogen (secondary N) is 2. The van der Waals surface area contributed by atoms with E-state index in [2.05, 4.69) is 15.6 Å². The maximum absolute atomic E-state index is 14.0. The van der Waals surface area contributed by atoms with Crippen molar-refractivity contribution in [3.8, 4) is 0 Å². The van der Waals surface area contributed by atoms with Crippen molar-refractivity contribution in [2.75, 3.05) is 17.7 Å². The van der Waals surface area contributed by atoms with Gasteiger partial charge >= 0.3 is 5.97 Å². The fourth-order valence-electron chi connectivity index (χ4n) is 3.72. The standard InChI is InChI=1S/C25H25FN4O4/c1-15(2)13-30-22(25(32)33-3)21(29-24(31)17-8-9-34-14-17)19-10-18(12-28-23(19)30)27-11-16-6-4-5-7-20(16)26/h4-10,12,14-15,27H,11,13H2,1-3H3,(H,29,31). The van der Waals surface area contributed by atoms with Crippen LogP contribution in [-0.4, -0.2) is 28.5 Å². The minimum Gasteiger partial charge on any atom is -0.472 e. The third kappa shape index (κ3) is 4.63. The second kappa shape index (κ2) is 9.78. The van der Waals surface area contributed by atoms with E-state index in [0.29, 0.717) is 34.4 Å². The van der Waals surface area contributed by atoms with Gasteiger partial charge in [-0.15, -0.1) is 0 Å². The number of fused-ring (bicyclic) bond motifs is 1. The Bertz CT molecular complexity index is 1330. The van der Waals surface area contributed by atoms with Gasteiger partial charge in [0.1, 0.15) is 17.7 Å². The van der Waals surface area contributed by atoms with Crippen LogP contribution in [-0.2, 0) is 17.8 Å². The minimum atomic E-state index is -0.595. The molecule has 3 heterocycles. The maximum Gasteiger partial charge on any atom is 0.356 e. The fraction of sp³-hybridized carbons (Fsp3) is 0.240. The molecule has 8 nitrogen and oxygen atoms in total. The van der Waals surface area contributed by atoms with Gasteiger partial charge in [-0.3, -0.25) is 4.79 Å². The highest BCUT2D eigenvalue weighted by molar-refractivity contribution is 6.14. The monoisotopic (exact) mass is 464 g/mol. The number of methoxy groups -OCH3 is 1. The van der Waals surface area contributed by atoms with Crippen LogP contribution in [0.15, 0.2) is 59.5 Å². The fourth-order valence-corrected chi connectivity index (χ4v) is 3.72. The maximum atomic E-state index is 14.0. The summed E-state index contributed by atoms with van der Waals surface area (Å²) in [6.45, 7) is 4.76. The predicted molar refractivity (Wildman–Crippen MR) is 126 cm³/mol. The van der Waals surface area contributed by atoms with Crippen molar-refractivity contribution in [1.29, 1.82) is 0 Å². The number of hydrogen-bond donors (Lipinski definition) is 2. The topological polar surface area (TPSA) is 98.4 Å². The van der Waals surface area contributed by atoms with E-state index in [1.54, 1.807) is 35.0 Å². The Hall–Kier alpha value is -4.14. The number of halogens is 1. The number of anilines is 2. The van der Waals surface area contributed by atoms with Crippen LogP contribution in [0.1, 0.15) is 40.3 Å². The molecule has 2 N–H and O–H groups in total. The zero-order chi connectivity index (χ0) is 24.2. The molecular formula is C25H25FN4O4. The first kappa shape index (κ1) is 23.0. The molecule has 0 fully saturated rings. The van der Waals surface area contributed by atoms with Crippen LogP contribution in [0.3, 0.4) is 0 Å². The third-order valence-corrected chi connectivity index (χ3v) is 5.29. The lowest BCUT2D eigenvalue weighted by Gasteiger charge is -2.12. The summed E-state index contributed by atoms with van der Waals surface area (Å²) < 4.78 is 25.8. The molecule has 0 radical (unpaired) electrons. The number of carbonyl (C=O) groups excluding carboxylic acids is 2. The van der Waals surface area contributed by atoms with Crippen LogP contribution in [0, 0.1) is 11.7 Å². The molecule has 0 aliphatic rings. The molecule has 0 spiro atoms. The van der Waals surface area contributed by atoms with E-state index in [9.17, 15) is 14.0 Å². The Morgan fingerprint density at radius 3 is 2.71 bits per heavy atom. The summed E-state index contributed by atoms with van der Waals surface area (Å²) in [6, 6.07) is 9.79. The Labute approximate surface area is 195 Å². The summed E-state index contributed by atoms with van der Waals surface area (Å²) in [7, 11) is 1.29. The van der Waals surface area contributed by atoms with Crippen LogP contribution in [0.5, 0.6) is 0 Å². The van der Waals surface area contributed by atoms with Crippen LogP contribution in [0.2, 0.25) is 0 Å². The van der Waals surface area contributed by atoms with E-state index >= 15 is 0 Å². The zero-order valence-electron chi connectivity index (χ0n) is 19.1. The van der Waals surface area contributed by atoms with Gasteiger partial charge in [0, 0.05) is 24.0 Å². The summed E-state index contributed by atoms with van der Waals surface area (Å²) in [4.78, 5) is 30.2. The number of ether oxygens (including phenoxy) is 1. The van der Waals surface area contributed by atoms with Crippen molar-refractivity contribution < 1.29 is 23.1 Å². The number of rotatable bonds is 8. The van der Waals surface area contributed by atoms with Crippen molar-refractivity contribution in [2.24, 2.45) is 5.92 Å². The van der Waals surface area contributed by atoms with E-state index in [1.807, 2.05) is 13.8 Å². The lowest BCUT2D eigenvalue weighted by molar-refractivity contribution is 0.0589. The summed E-state index contributed by atoms with van der Waals surface area (Å²) in [6.07, 6.45) is 4.33. The SMILES string of the molecule is COC(=O)c1c(NC(=O)c2ccoc2)c2cc(NCc3ccccc3F)cnc2n1CC(C)C. The largest absolute Gasteiger partial charge is 0.472 e. The molecule has 0 aliphatic carbocycles. The molecule has 0 atom stereocenters. The molecule has 0 unspecified atom stereocenters. The Kier molecular flexibility index (Phi) is 6.62. The Balaban J connectivity index is 1.80. The number of furan rings is 1. The minimum absolute atomic E-state index is 0.192.